The predicted octanol–water partition coefficient (Wildman–Crippen LogP) is 0.494. The molecule has 1 aliphatic rings. The van der Waals surface area contributed by atoms with Crippen molar-refractivity contribution < 1.29 is 9.53 Å². The fourth-order valence-electron chi connectivity index (χ4n) is 2.27. The summed E-state index contributed by atoms with van der Waals surface area (Å²) < 4.78 is 5.27. The van der Waals surface area contributed by atoms with Gasteiger partial charge in [-0.2, -0.15) is 0 Å². The third-order valence-electron chi connectivity index (χ3n) is 3.48. The molecule has 1 atom stereocenters. The molecule has 2 heterocycles. The average molecular weight is 263 g/mol. The Hall–Kier alpha value is -1.46. The molecule has 1 aliphatic heterocycles. The number of nitrogens with two attached hydrogens (primary N) is 1. The van der Waals surface area contributed by atoms with E-state index in [0.29, 0.717) is 19.8 Å². The molecule has 5 heteroatoms. The van der Waals surface area contributed by atoms with Crippen molar-refractivity contribution in [2.45, 2.75) is 25.3 Å². The van der Waals surface area contributed by atoms with Crippen molar-refractivity contribution in [3.05, 3.63) is 30.1 Å². The molecule has 1 saturated heterocycles. The Morgan fingerprint density at radius 1 is 1.47 bits per heavy atom. The molecule has 5 nitrogen and oxygen atoms in total. The molecule has 0 saturated carbocycles. The third-order valence-corrected chi connectivity index (χ3v) is 3.48. The highest BCUT2D eigenvalue weighted by Gasteiger charge is 2.26. The first-order chi connectivity index (χ1) is 9.27. The number of ether oxygens (including phenoxy) is 1. The zero-order chi connectivity index (χ0) is 13.5. The van der Waals surface area contributed by atoms with E-state index in [1.165, 1.54) is 0 Å². The molecule has 1 aromatic rings. The number of pyridine rings is 1. The fraction of sp³-hybridized carbons (Fsp3) is 0.571. The summed E-state index contributed by atoms with van der Waals surface area (Å²) in [5.41, 5.74) is 6.96. The Bertz CT molecular complexity index is 391. The Labute approximate surface area is 113 Å². The number of rotatable bonds is 5. The first-order valence-electron chi connectivity index (χ1n) is 6.78. The summed E-state index contributed by atoms with van der Waals surface area (Å²) in [6.45, 7) is 1.99. The largest absolute Gasteiger partial charge is 0.381 e. The van der Waals surface area contributed by atoms with Gasteiger partial charge in [0.05, 0.1) is 6.04 Å². The number of amides is 1. The lowest BCUT2D eigenvalue weighted by Gasteiger charge is -2.26. The van der Waals surface area contributed by atoms with E-state index in [-0.39, 0.29) is 11.8 Å². The van der Waals surface area contributed by atoms with Gasteiger partial charge in [-0.3, -0.25) is 9.78 Å². The lowest BCUT2D eigenvalue weighted by Crippen LogP contribution is -2.47. The van der Waals surface area contributed by atoms with Crippen LogP contribution < -0.4 is 11.1 Å². The topological polar surface area (TPSA) is 77.2 Å². The number of aromatic nitrogens is 1. The van der Waals surface area contributed by atoms with Crippen LogP contribution in [0.15, 0.2) is 24.4 Å². The monoisotopic (exact) mass is 263 g/mol. The van der Waals surface area contributed by atoms with Crippen molar-refractivity contribution in [3.63, 3.8) is 0 Å². The summed E-state index contributed by atoms with van der Waals surface area (Å²) in [6, 6.07) is 5.35. The molecule has 0 aromatic carbocycles. The van der Waals surface area contributed by atoms with Crippen molar-refractivity contribution in [3.8, 4) is 0 Å². The Kier molecular flexibility index (Phi) is 5.30. The van der Waals surface area contributed by atoms with E-state index in [9.17, 15) is 4.79 Å². The van der Waals surface area contributed by atoms with Crippen LogP contribution in [-0.2, 0) is 16.0 Å². The normalized spacial score (nSPS) is 17.9. The SMILES string of the molecule is NC(C(=O)NCCc1ccccn1)C1CCOCC1. The van der Waals surface area contributed by atoms with E-state index in [2.05, 4.69) is 10.3 Å². The molecule has 0 spiro atoms. The molecule has 0 bridgehead atoms. The minimum atomic E-state index is -0.423. The predicted molar refractivity (Wildman–Crippen MR) is 72.5 cm³/mol. The molecule has 1 aromatic heterocycles. The van der Waals surface area contributed by atoms with Crippen LogP contribution in [0.2, 0.25) is 0 Å². The Morgan fingerprint density at radius 3 is 2.95 bits per heavy atom. The lowest BCUT2D eigenvalue weighted by molar-refractivity contribution is -0.124. The minimum absolute atomic E-state index is 0.0668. The summed E-state index contributed by atoms with van der Waals surface area (Å²) >= 11 is 0. The van der Waals surface area contributed by atoms with Gasteiger partial charge in [-0.05, 0) is 30.9 Å². The van der Waals surface area contributed by atoms with Crippen molar-refractivity contribution in [2.75, 3.05) is 19.8 Å². The first kappa shape index (κ1) is 14.0. The lowest BCUT2D eigenvalue weighted by atomic mass is 9.92. The molecule has 1 fully saturated rings. The summed E-state index contributed by atoms with van der Waals surface area (Å²) in [5.74, 6) is 0.173. The molecule has 19 heavy (non-hydrogen) atoms. The fourth-order valence-corrected chi connectivity index (χ4v) is 2.27. The van der Waals surface area contributed by atoms with Gasteiger partial charge in [-0.25, -0.2) is 0 Å². The van der Waals surface area contributed by atoms with Gasteiger partial charge in [0.1, 0.15) is 0 Å². The summed E-state index contributed by atoms with van der Waals surface area (Å²) in [4.78, 5) is 16.1. The summed E-state index contributed by atoms with van der Waals surface area (Å²) in [7, 11) is 0. The molecule has 2 rings (SSSR count). The third kappa shape index (κ3) is 4.29. The van der Waals surface area contributed by atoms with Crippen LogP contribution in [0.5, 0.6) is 0 Å². The average Bonchev–Trinajstić information content (AvgIpc) is 2.48. The molecule has 104 valence electrons. The molecule has 1 amide bonds. The van der Waals surface area contributed by atoms with Crippen molar-refractivity contribution in [1.82, 2.24) is 10.3 Å². The van der Waals surface area contributed by atoms with Crippen LogP contribution in [0.25, 0.3) is 0 Å². The number of carbonyl (C=O) groups excluding carboxylic acids is 1. The number of nitrogens with one attached hydrogen (secondary N) is 1. The maximum Gasteiger partial charge on any atom is 0.237 e. The number of hydrogen-bond donors (Lipinski definition) is 2. The number of nitrogens with zero attached hydrogens (tertiary/aromatic N) is 1. The van der Waals surface area contributed by atoms with E-state index in [1.807, 2.05) is 18.2 Å². The van der Waals surface area contributed by atoms with Crippen LogP contribution in [0, 0.1) is 5.92 Å². The van der Waals surface area contributed by atoms with Crippen LogP contribution in [0.1, 0.15) is 18.5 Å². The van der Waals surface area contributed by atoms with E-state index >= 15 is 0 Å². The van der Waals surface area contributed by atoms with E-state index in [0.717, 1.165) is 25.0 Å². The van der Waals surface area contributed by atoms with Crippen LogP contribution in [0.3, 0.4) is 0 Å². The van der Waals surface area contributed by atoms with E-state index < -0.39 is 6.04 Å². The number of hydrogen-bond acceptors (Lipinski definition) is 4. The highest BCUT2D eigenvalue weighted by Crippen LogP contribution is 2.17. The van der Waals surface area contributed by atoms with E-state index in [1.54, 1.807) is 6.20 Å². The standard InChI is InChI=1S/C14H21N3O2/c15-13(11-5-9-19-10-6-11)14(18)17-8-4-12-3-1-2-7-16-12/h1-3,7,11,13H,4-6,8-10,15H2,(H,17,18). The van der Waals surface area contributed by atoms with Gasteiger partial charge in [-0.1, -0.05) is 6.07 Å². The van der Waals surface area contributed by atoms with Gasteiger partial charge < -0.3 is 15.8 Å². The maximum absolute atomic E-state index is 11.9. The molecular formula is C14H21N3O2. The Morgan fingerprint density at radius 2 is 2.26 bits per heavy atom. The van der Waals surface area contributed by atoms with Crippen LogP contribution in [-0.4, -0.2) is 36.7 Å². The minimum Gasteiger partial charge on any atom is -0.381 e. The highest BCUT2D eigenvalue weighted by atomic mass is 16.5. The molecule has 3 N–H and O–H groups in total. The zero-order valence-corrected chi connectivity index (χ0v) is 11.0. The van der Waals surface area contributed by atoms with Gasteiger partial charge in [0.15, 0.2) is 0 Å². The Balaban J connectivity index is 1.71. The second-order valence-corrected chi connectivity index (χ2v) is 4.84. The molecule has 0 radical (unpaired) electrons. The molecule has 0 aliphatic carbocycles. The smallest absolute Gasteiger partial charge is 0.237 e. The second kappa shape index (κ2) is 7.21. The zero-order valence-electron chi connectivity index (χ0n) is 11.0. The van der Waals surface area contributed by atoms with Gasteiger partial charge in [0, 0.05) is 38.1 Å². The second-order valence-electron chi connectivity index (χ2n) is 4.84. The van der Waals surface area contributed by atoms with Crippen LogP contribution >= 0.6 is 0 Å². The van der Waals surface area contributed by atoms with E-state index in [4.69, 9.17) is 10.5 Å². The van der Waals surface area contributed by atoms with Crippen molar-refractivity contribution in [1.29, 1.82) is 0 Å². The van der Waals surface area contributed by atoms with Gasteiger partial charge in [0.25, 0.3) is 0 Å². The summed E-state index contributed by atoms with van der Waals surface area (Å²) in [5, 5.41) is 2.88. The number of carbonyl (C=O) groups is 1. The highest BCUT2D eigenvalue weighted by molar-refractivity contribution is 5.81. The van der Waals surface area contributed by atoms with Crippen molar-refractivity contribution >= 4 is 5.91 Å². The van der Waals surface area contributed by atoms with Gasteiger partial charge in [0.2, 0.25) is 5.91 Å². The first-order valence-corrected chi connectivity index (χ1v) is 6.78. The van der Waals surface area contributed by atoms with Gasteiger partial charge >= 0.3 is 0 Å². The van der Waals surface area contributed by atoms with Gasteiger partial charge in [-0.15, -0.1) is 0 Å². The molecule has 1 unspecified atom stereocenters. The van der Waals surface area contributed by atoms with Crippen molar-refractivity contribution in [2.24, 2.45) is 11.7 Å². The quantitative estimate of drug-likeness (QED) is 0.810. The maximum atomic E-state index is 11.9. The van der Waals surface area contributed by atoms with Crippen LogP contribution in [0.4, 0.5) is 0 Å². The molecular weight excluding hydrogens is 242 g/mol. The summed E-state index contributed by atoms with van der Waals surface area (Å²) in [6.07, 6.45) is 4.22.